The van der Waals surface area contributed by atoms with E-state index in [2.05, 4.69) is 20.9 Å². The molecule has 0 unspecified atom stereocenters. The van der Waals surface area contributed by atoms with Gasteiger partial charge < -0.3 is 14.9 Å². The van der Waals surface area contributed by atoms with Gasteiger partial charge in [0.15, 0.2) is 5.58 Å². The zero-order valence-corrected chi connectivity index (χ0v) is 12.7. The number of nitrogens with two attached hydrogens (primary N) is 1. The van der Waals surface area contributed by atoms with Crippen molar-refractivity contribution in [2.75, 3.05) is 7.11 Å². The highest BCUT2D eigenvalue weighted by Gasteiger charge is 2.12. The van der Waals surface area contributed by atoms with E-state index in [1.54, 1.807) is 25.3 Å². The van der Waals surface area contributed by atoms with Crippen molar-refractivity contribution < 1.29 is 13.9 Å². The van der Waals surface area contributed by atoms with Crippen molar-refractivity contribution in [2.45, 2.75) is 0 Å². The Morgan fingerprint density at radius 2 is 2.10 bits per heavy atom. The maximum Gasteiger partial charge on any atom is 0.248 e. The summed E-state index contributed by atoms with van der Waals surface area (Å²) in [6.45, 7) is 0. The summed E-state index contributed by atoms with van der Waals surface area (Å²) in [7, 11) is 1.60. The quantitative estimate of drug-likeness (QED) is 0.788. The van der Waals surface area contributed by atoms with Crippen LogP contribution in [0.3, 0.4) is 0 Å². The van der Waals surface area contributed by atoms with E-state index in [0.29, 0.717) is 22.6 Å². The molecular weight excluding hydrogens is 336 g/mol. The lowest BCUT2D eigenvalue weighted by Crippen LogP contribution is -2.10. The number of methoxy groups -OCH3 is 1. The third kappa shape index (κ3) is 2.50. The average molecular weight is 347 g/mol. The summed E-state index contributed by atoms with van der Waals surface area (Å²) in [5.74, 6) is 0.703. The molecular formula is C15H11BrN2O3. The Kier molecular flexibility index (Phi) is 3.39. The summed E-state index contributed by atoms with van der Waals surface area (Å²) in [6.07, 6.45) is 0. The van der Waals surface area contributed by atoms with Crippen LogP contribution in [0.1, 0.15) is 10.4 Å². The molecule has 3 aromatic rings. The molecule has 6 heteroatoms. The van der Waals surface area contributed by atoms with Gasteiger partial charge in [0, 0.05) is 11.1 Å². The number of ether oxygens (including phenoxy) is 1. The Morgan fingerprint density at radius 3 is 2.76 bits per heavy atom. The van der Waals surface area contributed by atoms with Crippen molar-refractivity contribution in [2.24, 2.45) is 5.73 Å². The molecule has 0 aliphatic heterocycles. The number of hydrogen-bond acceptors (Lipinski definition) is 4. The number of carbonyl (C=O) groups excluding carboxylic acids is 1. The zero-order valence-electron chi connectivity index (χ0n) is 11.1. The predicted molar refractivity (Wildman–Crippen MR) is 82.2 cm³/mol. The molecule has 106 valence electrons. The first-order chi connectivity index (χ1) is 10.1. The van der Waals surface area contributed by atoms with Gasteiger partial charge >= 0.3 is 0 Å². The highest BCUT2D eigenvalue weighted by atomic mass is 79.9. The highest BCUT2D eigenvalue weighted by Crippen LogP contribution is 2.31. The minimum absolute atomic E-state index is 0.401. The number of halogens is 1. The Balaban J connectivity index is 2.08. The normalized spacial score (nSPS) is 10.8. The molecule has 5 nitrogen and oxygen atoms in total. The number of benzene rings is 2. The van der Waals surface area contributed by atoms with E-state index in [0.717, 1.165) is 15.8 Å². The second kappa shape index (κ2) is 5.21. The molecule has 0 atom stereocenters. The molecule has 0 radical (unpaired) electrons. The highest BCUT2D eigenvalue weighted by molar-refractivity contribution is 9.10. The molecule has 0 aliphatic carbocycles. The summed E-state index contributed by atoms with van der Waals surface area (Å²) < 4.78 is 11.7. The van der Waals surface area contributed by atoms with E-state index >= 15 is 0 Å². The van der Waals surface area contributed by atoms with Crippen LogP contribution in [0.15, 0.2) is 45.3 Å². The van der Waals surface area contributed by atoms with Crippen LogP contribution in [0.2, 0.25) is 0 Å². The lowest BCUT2D eigenvalue weighted by Gasteiger charge is -2.03. The van der Waals surface area contributed by atoms with E-state index in [-0.39, 0.29) is 0 Å². The predicted octanol–water partition coefficient (Wildman–Crippen LogP) is 3.36. The third-order valence-electron chi connectivity index (χ3n) is 3.07. The second-order valence-electron chi connectivity index (χ2n) is 4.42. The topological polar surface area (TPSA) is 78.4 Å². The van der Waals surface area contributed by atoms with E-state index < -0.39 is 5.91 Å². The summed E-state index contributed by atoms with van der Waals surface area (Å²) in [6, 6.07) is 10.4. The zero-order chi connectivity index (χ0) is 15.0. The number of amides is 1. The Morgan fingerprint density at radius 1 is 1.29 bits per heavy atom. The monoisotopic (exact) mass is 346 g/mol. The van der Waals surface area contributed by atoms with Crippen molar-refractivity contribution in [3.63, 3.8) is 0 Å². The van der Waals surface area contributed by atoms with Gasteiger partial charge in [-0.25, -0.2) is 4.98 Å². The van der Waals surface area contributed by atoms with Crippen molar-refractivity contribution in [3.8, 4) is 17.2 Å². The SMILES string of the molecule is COc1ccc(-c2nc3cc(C(N)=O)ccc3o2)cc1Br. The molecule has 2 aromatic carbocycles. The van der Waals surface area contributed by atoms with Crippen LogP contribution >= 0.6 is 15.9 Å². The molecule has 3 rings (SSSR count). The van der Waals surface area contributed by atoms with Crippen molar-refractivity contribution in [1.82, 2.24) is 4.98 Å². The number of rotatable bonds is 3. The molecule has 21 heavy (non-hydrogen) atoms. The molecule has 0 aliphatic rings. The summed E-state index contributed by atoms with van der Waals surface area (Å²) in [4.78, 5) is 15.6. The lowest BCUT2D eigenvalue weighted by atomic mass is 10.2. The largest absolute Gasteiger partial charge is 0.496 e. The van der Waals surface area contributed by atoms with Gasteiger partial charge in [0.05, 0.1) is 11.6 Å². The van der Waals surface area contributed by atoms with E-state index in [9.17, 15) is 4.79 Å². The van der Waals surface area contributed by atoms with Crippen LogP contribution in [-0.4, -0.2) is 18.0 Å². The fraction of sp³-hybridized carbons (Fsp3) is 0.0667. The molecule has 1 aromatic heterocycles. The second-order valence-corrected chi connectivity index (χ2v) is 5.27. The van der Waals surface area contributed by atoms with E-state index in [1.165, 1.54) is 0 Å². The number of nitrogens with zero attached hydrogens (tertiary/aromatic N) is 1. The van der Waals surface area contributed by atoms with Crippen LogP contribution in [0.25, 0.3) is 22.6 Å². The molecule has 0 saturated heterocycles. The lowest BCUT2D eigenvalue weighted by molar-refractivity contribution is 0.100. The van der Waals surface area contributed by atoms with Gasteiger partial charge in [-0.05, 0) is 52.3 Å². The van der Waals surface area contributed by atoms with Gasteiger partial charge in [-0.3, -0.25) is 4.79 Å². The first-order valence-electron chi connectivity index (χ1n) is 6.13. The molecule has 2 N–H and O–H groups in total. The van der Waals surface area contributed by atoms with E-state index in [4.69, 9.17) is 14.9 Å². The van der Waals surface area contributed by atoms with Gasteiger partial charge in [0.25, 0.3) is 0 Å². The molecule has 0 fully saturated rings. The molecule has 0 spiro atoms. The van der Waals surface area contributed by atoms with Crippen molar-refractivity contribution >= 4 is 32.9 Å². The Bertz CT molecular complexity index is 842. The number of aromatic nitrogens is 1. The molecule has 1 amide bonds. The van der Waals surface area contributed by atoms with Crippen molar-refractivity contribution in [3.05, 3.63) is 46.4 Å². The molecule has 0 saturated carbocycles. The van der Waals surface area contributed by atoms with Gasteiger partial charge in [0.2, 0.25) is 11.8 Å². The summed E-state index contributed by atoms with van der Waals surface area (Å²) >= 11 is 3.42. The molecule has 0 bridgehead atoms. The third-order valence-corrected chi connectivity index (χ3v) is 3.69. The maximum absolute atomic E-state index is 11.2. The summed E-state index contributed by atoms with van der Waals surface area (Å²) in [5, 5.41) is 0. The van der Waals surface area contributed by atoms with Gasteiger partial charge in [-0.2, -0.15) is 0 Å². The number of hydrogen-bond donors (Lipinski definition) is 1. The smallest absolute Gasteiger partial charge is 0.248 e. The summed E-state index contributed by atoms with van der Waals surface area (Å²) in [5.41, 5.74) is 7.65. The first kappa shape index (κ1) is 13.6. The van der Waals surface area contributed by atoms with Crippen molar-refractivity contribution in [1.29, 1.82) is 0 Å². The minimum Gasteiger partial charge on any atom is -0.496 e. The van der Waals surface area contributed by atoms with Crippen LogP contribution < -0.4 is 10.5 Å². The van der Waals surface area contributed by atoms with Gasteiger partial charge in [-0.15, -0.1) is 0 Å². The van der Waals surface area contributed by atoms with Crippen LogP contribution in [-0.2, 0) is 0 Å². The van der Waals surface area contributed by atoms with E-state index in [1.807, 2.05) is 18.2 Å². The number of carbonyl (C=O) groups is 1. The number of primary amides is 1. The number of fused-ring (bicyclic) bond motifs is 1. The average Bonchev–Trinajstić information content (AvgIpc) is 2.89. The maximum atomic E-state index is 11.2. The standard InChI is InChI=1S/C15H11BrN2O3/c1-20-12-4-3-9(6-10(12)16)15-18-11-7-8(14(17)19)2-5-13(11)21-15/h2-7H,1H3,(H2,17,19). The van der Waals surface area contributed by atoms with Crippen LogP contribution in [0.5, 0.6) is 5.75 Å². The van der Waals surface area contributed by atoms with Crippen LogP contribution in [0.4, 0.5) is 0 Å². The fourth-order valence-electron chi connectivity index (χ4n) is 2.00. The fourth-order valence-corrected chi connectivity index (χ4v) is 2.54. The Labute approximate surface area is 128 Å². The van der Waals surface area contributed by atoms with Gasteiger partial charge in [0.1, 0.15) is 11.3 Å². The van der Waals surface area contributed by atoms with Crippen LogP contribution in [0, 0.1) is 0 Å². The number of oxazole rings is 1. The van der Waals surface area contributed by atoms with Gasteiger partial charge in [-0.1, -0.05) is 0 Å². The Hall–Kier alpha value is -2.34. The first-order valence-corrected chi connectivity index (χ1v) is 6.92. The minimum atomic E-state index is -0.492. The molecule has 1 heterocycles.